The number of hydrogen-bond donors (Lipinski definition) is 2. The van der Waals surface area contributed by atoms with Gasteiger partial charge in [0.15, 0.2) is 0 Å². The second kappa shape index (κ2) is 4.81. The Labute approximate surface area is 90.1 Å². The van der Waals surface area contributed by atoms with Crippen molar-refractivity contribution < 1.29 is 5.32 Å². The average Bonchev–Trinajstić information content (AvgIpc) is 2.31. The van der Waals surface area contributed by atoms with Crippen LogP contribution in [0.1, 0.15) is 18.4 Å². The van der Waals surface area contributed by atoms with E-state index in [0.717, 1.165) is 11.3 Å². The zero-order valence-electron chi connectivity index (χ0n) is 8.74. The zero-order valence-corrected chi connectivity index (χ0v) is 8.74. The van der Waals surface area contributed by atoms with Crippen molar-refractivity contribution >= 4 is 5.69 Å². The summed E-state index contributed by atoms with van der Waals surface area (Å²) >= 11 is 0. The lowest BCUT2D eigenvalue weighted by atomic mass is 10.1. The first kappa shape index (κ1) is 10.0. The van der Waals surface area contributed by atoms with E-state index < -0.39 is 0 Å². The molecule has 1 aromatic carbocycles. The lowest BCUT2D eigenvalue weighted by molar-refractivity contribution is -0.662. The molecule has 1 aliphatic heterocycles. The molecule has 1 saturated heterocycles. The van der Waals surface area contributed by atoms with E-state index in [0.29, 0.717) is 6.04 Å². The molecule has 1 fully saturated rings. The molecule has 1 heterocycles. The van der Waals surface area contributed by atoms with E-state index >= 15 is 0 Å². The number of benzene rings is 1. The quantitative estimate of drug-likeness (QED) is 0.741. The number of rotatable bonds is 2. The molecular formula is C12H16N3+. The zero-order chi connectivity index (χ0) is 10.5. The predicted octanol–water partition coefficient (Wildman–Crippen LogP) is 0.696. The van der Waals surface area contributed by atoms with Crippen molar-refractivity contribution in [3.05, 3.63) is 29.8 Å². The van der Waals surface area contributed by atoms with Gasteiger partial charge in [-0.3, -0.25) is 0 Å². The monoisotopic (exact) mass is 202 g/mol. The van der Waals surface area contributed by atoms with Gasteiger partial charge in [-0.15, -0.1) is 0 Å². The summed E-state index contributed by atoms with van der Waals surface area (Å²) in [6.45, 7) is 2.43. The maximum Gasteiger partial charge on any atom is 0.0991 e. The van der Waals surface area contributed by atoms with E-state index in [1.807, 2.05) is 24.3 Å². The van der Waals surface area contributed by atoms with Gasteiger partial charge in [0, 0.05) is 24.6 Å². The second-order valence-electron chi connectivity index (χ2n) is 3.97. The van der Waals surface area contributed by atoms with Gasteiger partial charge in [-0.2, -0.15) is 5.26 Å². The van der Waals surface area contributed by atoms with Crippen molar-refractivity contribution in [3.63, 3.8) is 0 Å². The normalized spacial score (nSPS) is 17.0. The Balaban J connectivity index is 1.95. The lowest BCUT2D eigenvalue weighted by Crippen LogP contribution is -2.87. The molecule has 0 spiro atoms. The summed E-state index contributed by atoms with van der Waals surface area (Å²) in [4.78, 5) is 0. The highest BCUT2D eigenvalue weighted by atomic mass is 15.0. The molecule has 0 radical (unpaired) electrons. The number of piperidine rings is 1. The second-order valence-corrected chi connectivity index (χ2v) is 3.97. The summed E-state index contributed by atoms with van der Waals surface area (Å²) in [5.74, 6) is 0. The van der Waals surface area contributed by atoms with E-state index in [1.54, 1.807) is 0 Å². The highest BCUT2D eigenvalue weighted by molar-refractivity contribution is 5.47. The molecular weight excluding hydrogens is 186 g/mol. The summed E-state index contributed by atoms with van der Waals surface area (Å²) in [5.41, 5.74) is 1.85. The largest absolute Gasteiger partial charge is 0.382 e. The van der Waals surface area contributed by atoms with Crippen molar-refractivity contribution in [2.75, 3.05) is 18.4 Å². The number of quaternary nitrogens is 1. The molecule has 3 N–H and O–H groups in total. The van der Waals surface area contributed by atoms with Crippen molar-refractivity contribution in [1.29, 1.82) is 5.26 Å². The maximum atomic E-state index is 8.68. The molecule has 15 heavy (non-hydrogen) atoms. The predicted molar refractivity (Wildman–Crippen MR) is 59.5 cm³/mol. The summed E-state index contributed by atoms with van der Waals surface area (Å²) in [6.07, 6.45) is 2.44. The maximum absolute atomic E-state index is 8.68. The number of nitriles is 1. The van der Waals surface area contributed by atoms with Crippen LogP contribution in [0.2, 0.25) is 0 Å². The van der Waals surface area contributed by atoms with Crippen LogP contribution >= 0.6 is 0 Å². The van der Waals surface area contributed by atoms with Crippen molar-refractivity contribution in [1.82, 2.24) is 0 Å². The lowest BCUT2D eigenvalue weighted by Gasteiger charge is -2.22. The Kier molecular flexibility index (Phi) is 3.21. The minimum absolute atomic E-state index is 0.600. The van der Waals surface area contributed by atoms with Gasteiger partial charge < -0.3 is 10.6 Å². The summed E-state index contributed by atoms with van der Waals surface area (Å²) < 4.78 is 0. The Hall–Kier alpha value is -1.53. The van der Waals surface area contributed by atoms with Gasteiger partial charge in [-0.1, -0.05) is 0 Å². The van der Waals surface area contributed by atoms with Crippen LogP contribution in [0.4, 0.5) is 5.69 Å². The topological polar surface area (TPSA) is 52.4 Å². The van der Waals surface area contributed by atoms with Crippen LogP contribution in [-0.2, 0) is 0 Å². The number of hydrogen-bond acceptors (Lipinski definition) is 2. The van der Waals surface area contributed by atoms with E-state index in [-0.39, 0.29) is 0 Å². The van der Waals surface area contributed by atoms with E-state index in [9.17, 15) is 0 Å². The first-order valence-electron chi connectivity index (χ1n) is 5.47. The minimum Gasteiger partial charge on any atom is -0.382 e. The fourth-order valence-corrected chi connectivity index (χ4v) is 1.95. The van der Waals surface area contributed by atoms with Gasteiger partial charge in [0.1, 0.15) is 0 Å². The van der Waals surface area contributed by atoms with Gasteiger partial charge >= 0.3 is 0 Å². The fraction of sp³-hybridized carbons (Fsp3) is 0.417. The van der Waals surface area contributed by atoms with Crippen LogP contribution in [0.25, 0.3) is 0 Å². The van der Waals surface area contributed by atoms with Crippen molar-refractivity contribution in [2.45, 2.75) is 18.9 Å². The Morgan fingerprint density at radius 2 is 1.87 bits per heavy atom. The van der Waals surface area contributed by atoms with Gasteiger partial charge in [0.25, 0.3) is 0 Å². The van der Waals surface area contributed by atoms with E-state index in [2.05, 4.69) is 16.7 Å². The molecule has 1 aliphatic rings. The number of nitrogens with one attached hydrogen (secondary N) is 1. The molecule has 0 unspecified atom stereocenters. The SMILES string of the molecule is N#Cc1ccc(NC2CC[NH2+]CC2)cc1. The molecule has 3 heteroatoms. The molecule has 0 amide bonds. The van der Waals surface area contributed by atoms with Gasteiger partial charge in [-0.05, 0) is 24.3 Å². The molecule has 78 valence electrons. The molecule has 1 aromatic rings. The summed E-state index contributed by atoms with van der Waals surface area (Å²) in [5, 5.41) is 14.5. The Morgan fingerprint density at radius 3 is 2.47 bits per heavy atom. The average molecular weight is 202 g/mol. The Bertz CT molecular complexity index is 344. The van der Waals surface area contributed by atoms with Gasteiger partial charge in [-0.25, -0.2) is 0 Å². The van der Waals surface area contributed by atoms with Crippen LogP contribution in [0.3, 0.4) is 0 Å². The number of nitrogens with two attached hydrogens (primary N) is 1. The third-order valence-corrected chi connectivity index (χ3v) is 2.82. The van der Waals surface area contributed by atoms with Crippen molar-refractivity contribution in [3.8, 4) is 6.07 Å². The Morgan fingerprint density at radius 1 is 1.20 bits per heavy atom. The molecule has 0 aromatic heterocycles. The van der Waals surface area contributed by atoms with Crippen LogP contribution in [0.15, 0.2) is 24.3 Å². The summed E-state index contributed by atoms with van der Waals surface area (Å²) in [6, 6.07) is 10.4. The smallest absolute Gasteiger partial charge is 0.0991 e. The standard InChI is InChI=1S/C12H15N3/c13-9-10-1-3-11(4-2-10)15-12-5-7-14-8-6-12/h1-4,12,14-15H,5-8H2/p+1. The molecule has 2 rings (SSSR count). The van der Waals surface area contributed by atoms with E-state index in [1.165, 1.54) is 25.9 Å². The molecule has 0 aliphatic carbocycles. The van der Waals surface area contributed by atoms with Crippen LogP contribution in [0, 0.1) is 11.3 Å². The molecule has 0 atom stereocenters. The van der Waals surface area contributed by atoms with E-state index in [4.69, 9.17) is 5.26 Å². The molecule has 0 bridgehead atoms. The number of anilines is 1. The van der Waals surface area contributed by atoms with Crippen molar-refractivity contribution in [2.24, 2.45) is 0 Å². The van der Waals surface area contributed by atoms with Crippen LogP contribution in [-0.4, -0.2) is 19.1 Å². The first-order valence-corrected chi connectivity index (χ1v) is 5.47. The molecule has 0 saturated carbocycles. The molecule has 3 nitrogen and oxygen atoms in total. The third kappa shape index (κ3) is 2.71. The highest BCUT2D eigenvalue weighted by Gasteiger charge is 2.14. The fourth-order valence-electron chi connectivity index (χ4n) is 1.95. The van der Waals surface area contributed by atoms with Crippen LogP contribution in [0.5, 0.6) is 0 Å². The minimum atomic E-state index is 0.600. The highest BCUT2D eigenvalue weighted by Crippen LogP contribution is 2.13. The number of nitrogens with zero attached hydrogens (tertiary/aromatic N) is 1. The van der Waals surface area contributed by atoms with Crippen LogP contribution < -0.4 is 10.6 Å². The van der Waals surface area contributed by atoms with Gasteiger partial charge in [0.05, 0.1) is 24.7 Å². The first-order chi connectivity index (χ1) is 7.38. The van der Waals surface area contributed by atoms with Gasteiger partial charge in [0.2, 0.25) is 0 Å². The third-order valence-electron chi connectivity index (χ3n) is 2.82. The summed E-state index contributed by atoms with van der Waals surface area (Å²) in [7, 11) is 0.